The molecule has 7 heteroatoms. The second-order valence-electron chi connectivity index (χ2n) is 9.08. The molecule has 0 bridgehead atoms. The van der Waals surface area contributed by atoms with Gasteiger partial charge in [-0.2, -0.15) is 5.26 Å². The third kappa shape index (κ3) is 5.54. The van der Waals surface area contributed by atoms with E-state index in [-0.39, 0.29) is 17.9 Å². The summed E-state index contributed by atoms with van der Waals surface area (Å²) in [6, 6.07) is 21.4. The van der Waals surface area contributed by atoms with E-state index >= 15 is 0 Å². The van der Waals surface area contributed by atoms with Crippen LogP contribution in [0.2, 0.25) is 0 Å². The van der Waals surface area contributed by atoms with Gasteiger partial charge in [0, 0.05) is 22.6 Å². The average Bonchev–Trinajstić information content (AvgIpc) is 2.88. The predicted octanol–water partition coefficient (Wildman–Crippen LogP) is 6.89. The number of hydrogen-bond donors (Lipinski definition) is 2. The molecule has 0 aliphatic carbocycles. The smallest absolute Gasteiger partial charge is 0.305 e. The summed E-state index contributed by atoms with van der Waals surface area (Å²) in [4.78, 5) is 16.2. The maximum atomic E-state index is 14.2. The molecule has 0 saturated heterocycles. The lowest BCUT2D eigenvalue weighted by Crippen LogP contribution is -2.29. The van der Waals surface area contributed by atoms with Crippen molar-refractivity contribution in [3.63, 3.8) is 0 Å². The molecule has 0 saturated carbocycles. The number of fused-ring (bicyclic) bond motifs is 1. The number of carbonyl (C=O) groups is 1. The highest BCUT2D eigenvalue weighted by Gasteiger charge is 2.23. The van der Waals surface area contributed by atoms with Gasteiger partial charge in [-0.25, -0.2) is 9.37 Å². The normalized spacial score (nSPS) is 11.8. The predicted molar refractivity (Wildman–Crippen MR) is 143 cm³/mol. The minimum atomic E-state index is -0.961. The Morgan fingerprint density at radius 2 is 1.81 bits per heavy atom. The molecule has 1 aromatic heterocycles. The standard InChI is InChI=1S/C30H28FN3O3/c1-4-37-27-8-6-5-7-22(27)19-9-11-20(12-10-19)29-24(17-32)30(34-26(18(2)3)16-28(35)36)23-15-21(31)13-14-25(23)33-29/h5-15,18,26H,4,16H2,1-3H3,(H,33,34)(H,35,36). The summed E-state index contributed by atoms with van der Waals surface area (Å²) in [6.45, 7) is 6.29. The number of hydrogen-bond acceptors (Lipinski definition) is 5. The van der Waals surface area contributed by atoms with Crippen LogP contribution in [0.5, 0.6) is 5.75 Å². The summed E-state index contributed by atoms with van der Waals surface area (Å²) in [5.41, 5.74) is 4.17. The number of carboxylic acid groups (broad SMARTS) is 1. The van der Waals surface area contributed by atoms with Gasteiger partial charge in [0.2, 0.25) is 0 Å². The van der Waals surface area contributed by atoms with Gasteiger partial charge >= 0.3 is 5.97 Å². The van der Waals surface area contributed by atoms with Crippen LogP contribution in [0, 0.1) is 23.1 Å². The number of pyridine rings is 1. The van der Waals surface area contributed by atoms with Crippen molar-refractivity contribution in [1.29, 1.82) is 5.26 Å². The van der Waals surface area contributed by atoms with Gasteiger partial charge in [-0.15, -0.1) is 0 Å². The Morgan fingerprint density at radius 3 is 2.46 bits per heavy atom. The van der Waals surface area contributed by atoms with Crippen molar-refractivity contribution in [2.45, 2.75) is 33.2 Å². The minimum Gasteiger partial charge on any atom is -0.493 e. The molecule has 1 heterocycles. The first-order valence-electron chi connectivity index (χ1n) is 12.2. The van der Waals surface area contributed by atoms with Crippen LogP contribution >= 0.6 is 0 Å². The van der Waals surface area contributed by atoms with Crippen LogP contribution in [0.25, 0.3) is 33.3 Å². The highest BCUT2D eigenvalue weighted by molar-refractivity contribution is 5.98. The number of rotatable bonds is 9. The number of aliphatic carboxylic acids is 1. The zero-order valence-corrected chi connectivity index (χ0v) is 21.0. The highest BCUT2D eigenvalue weighted by atomic mass is 19.1. The average molecular weight is 498 g/mol. The highest BCUT2D eigenvalue weighted by Crippen LogP contribution is 2.37. The van der Waals surface area contributed by atoms with E-state index in [1.54, 1.807) is 6.07 Å². The van der Waals surface area contributed by atoms with Gasteiger partial charge in [-0.1, -0.05) is 56.3 Å². The number of nitrogens with one attached hydrogen (secondary N) is 1. The van der Waals surface area contributed by atoms with Crippen molar-refractivity contribution in [3.8, 4) is 34.2 Å². The second kappa shape index (κ2) is 11.1. The number of nitriles is 1. The third-order valence-electron chi connectivity index (χ3n) is 6.24. The lowest BCUT2D eigenvalue weighted by Gasteiger charge is -2.24. The molecule has 0 aliphatic heterocycles. The Morgan fingerprint density at radius 1 is 1.11 bits per heavy atom. The van der Waals surface area contributed by atoms with Crippen LogP contribution in [-0.4, -0.2) is 28.7 Å². The van der Waals surface area contributed by atoms with Crippen LogP contribution in [-0.2, 0) is 4.79 Å². The molecule has 1 atom stereocenters. The van der Waals surface area contributed by atoms with Gasteiger partial charge in [-0.3, -0.25) is 4.79 Å². The molecule has 3 aromatic carbocycles. The monoisotopic (exact) mass is 497 g/mol. The third-order valence-corrected chi connectivity index (χ3v) is 6.24. The fourth-order valence-electron chi connectivity index (χ4n) is 4.32. The molecule has 2 N–H and O–H groups in total. The first-order chi connectivity index (χ1) is 17.8. The molecule has 0 spiro atoms. The fraction of sp³-hybridized carbons (Fsp3) is 0.233. The Hall–Kier alpha value is -4.44. The van der Waals surface area contributed by atoms with E-state index in [2.05, 4.69) is 11.4 Å². The van der Waals surface area contributed by atoms with Gasteiger partial charge in [0.25, 0.3) is 0 Å². The van der Waals surface area contributed by atoms with Crippen molar-refractivity contribution < 1.29 is 19.0 Å². The van der Waals surface area contributed by atoms with E-state index < -0.39 is 17.8 Å². The molecule has 6 nitrogen and oxygen atoms in total. The van der Waals surface area contributed by atoms with E-state index in [0.717, 1.165) is 16.9 Å². The van der Waals surface area contributed by atoms with Crippen molar-refractivity contribution in [3.05, 3.63) is 78.1 Å². The Labute approximate surface area is 215 Å². The minimum absolute atomic E-state index is 0.0486. The number of nitrogens with zero attached hydrogens (tertiary/aromatic N) is 2. The molecule has 0 fully saturated rings. The summed E-state index contributed by atoms with van der Waals surface area (Å²) in [5, 5.41) is 23.3. The number of anilines is 1. The van der Waals surface area contributed by atoms with Gasteiger partial charge < -0.3 is 15.2 Å². The van der Waals surface area contributed by atoms with Crippen molar-refractivity contribution >= 4 is 22.6 Å². The van der Waals surface area contributed by atoms with Gasteiger partial charge in [0.05, 0.1) is 29.9 Å². The molecule has 188 valence electrons. The molecule has 0 radical (unpaired) electrons. The van der Waals surface area contributed by atoms with E-state index in [1.807, 2.05) is 69.3 Å². The topological polar surface area (TPSA) is 95.2 Å². The van der Waals surface area contributed by atoms with Crippen LogP contribution in [0.4, 0.5) is 10.1 Å². The van der Waals surface area contributed by atoms with Crippen LogP contribution in [0.3, 0.4) is 0 Å². The van der Waals surface area contributed by atoms with Crippen molar-refractivity contribution in [2.24, 2.45) is 5.92 Å². The number of aromatic nitrogens is 1. The van der Waals surface area contributed by atoms with Gasteiger partial charge in [-0.05, 0) is 42.7 Å². The van der Waals surface area contributed by atoms with Gasteiger partial charge in [0.1, 0.15) is 23.2 Å². The van der Waals surface area contributed by atoms with Crippen molar-refractivity contribution in [1.82, 2.24) is 4.98 Å². The molecule has 1 unspecified atom stereocenters. The number of benzene rings is 3. The maximum Gasteiger partial charge on any atom is 0.305 e. The van der Waals surface area contributed by atoms with E-state index in [4.69, 9.17) is 9.72 Å². The molecule has 37 heavy (non-hydrogen) atoms. The summed E-state index contributed by atoms with van der Waals surface area (Å²) >= 11 is 0. The summed E-state index contributed by atoms with van der Waals surface area (Å²) in [6.07, 6.45) is -0.148. The quantitative estimate of drug-likeness (QED) is 0.261. The maximum absolute atomic E-state index is 14.2. The van der Waals surface area contributed by atoms with Crippen molar-refractivity contribution in [2.75, 3.05) is 11.9 Å². The SMILES string of the molecule is CCOc1ccccc1-c1ccc(-c2nc3ccc(F)cc3c(NC(CC(=O)O)C(C)C)c2C#N)cc1. The summed E-state index contributed by atoms with van der Waals surface area (Å²) < 4.78 is 20.0. The first kappa shape index (κ1) is 25.6. The summed E-state index contributed by atoms with van der Waals surface area (Å²) in [5.74, 6) is -0.693. The van der Waals surface area contributed by atoms with E-state index in [1.165, 1.54) is 12.1 Å². The Bertz CT molecular complexity index is 1480. The zero-order valence-electron chi connectivity index (χ0n) is 21.0. The van der Waals surface area contributed by atoms with Crippen LogP contribution < -0.4 is 10.1 Å². The largest absolute Gasteiger partial charge is 0.493 e. The van der Waals surface area contributed by atoms with E-state index in [9.17, 15) is 19.6 Å². The van der Waals surface area contributed by atoms with Crippen LogP contribution in [0.15, 0.2) is 66.7 Å². The fourth-order valence-corrected chi connectivity index (χ4v) is 4.32. The molecule has 0 amide bonds. The lowest BCUT2D eigenvalue weighted by atomic mass is 9.96. The summed E-state index contributed by atoms with van der Waals surface area (Å²) in [7, 11) is 0. The molecular formula is C30H28FN3O3. The lowest BCUT2D eigenvalue weighted by molar-refractivity contribution is -0.137. The second-order valence-corrected chi connectivity index (χ2v) is 9.08. The van der Waals surface area contributed by atoms with Gasteiger partial charge in [0.15, 0.2) is 0 Å². The zero-order chi connectivity index (χ0) is 26.5. The first-order valence-corrected chi connectivity index (χ1v) is 12.2. The number of carboxylic acids is 1. The number of para-hydroxylation sites is 1. The van der Waals surface area contributed by atoms with Crippen LogP contribution in [0.1, 0.15) is 32.8 Å². The Balaban J connectivity index is 1.85. The number of ether oxygens (including phenoxy) is 1. The molecule has 4 rings (SSSR count). The molecule has 0 aliphatic rings. The molecule has 4 aromatic rings. The van der Waals surface area contributed by atoms with E-state index in [0.29, 0.717) is 34.5 Å². The number of halogens is 1. The Kier molecular flexibility index (Phi) is 7.69. The molecular weight excluding hydrogens is 469 g/mol.